The summed E-state index contributed by atoms with van der Waals surface area (Å²) >= 11 is 3.37. The maximum absolute atomic E-state index is 13.0. The summed E-state index contributed by atoms with van der Waals surface area (Å²) in [5.74, 6) is 1.41. The molecule has 0 spiro atoms. The quantitative estimate of drug-likeness (QED) is 0.614. The molecule has 0 amide bonds. The molecule has 1 aliphatic heterocycles. The van der Waals surface area contributed by atoms with Gasteiger partial charge in [-0.15, -0.1) is 10.2 Å². The third-order valence-corrected chi connectivity index (χ3v) is 5.05. The van der Waals surface area contributed by atoms with Crippen molar-refractivity contribution < 1.29 is 13.2 Å². The first-order valence-corrected chi connectivity index (χ1v) is 8.99. The molecule has 136 valence electrons. The zero-order valence-electron chi connectivity index (χ0n) is 13.6. The summed E-state index contributed by atoms with van der Waals surface area (Å²) in [6.45, 7) is 1.50. The molecule has 3 aromatic rings. The van der Waals surface area contributed by atoms with E-state index in [1.165, 1.54) is 10.5 Å². The van der Waals surface area contributed by atoms with Gasteiger partial charge in [-0.2, -0.15) is 13.2 Å². The molecule has 4 heterocycles. The van der Waals surface area contributed by atoms with Crippen LogP contribution < -0.4 is 4.90 Å². The van der Waals surface area contributed by atoms with Crippen molar-refractivity contribution in [3.8, 4) is 0 Å². The van der Waals surface area contributed by atoms with Gasteiger partial charge in [0.05, 0.1) is 5.56 Å². The largest absolute Gasteiger partial charge is 0.417 e. The number of hydrogen-bond acceptors (Lipinski definition) is 4. The van der Waals surface area contributed by atoms with Gasteiger partial charge in [0.15, 0.2) is 5.65 Å². The van der Waals surface area contributed by atoms with Crippen LogP contribution in [0.1, 0.15) is 30.1 Å². The van der Waals surface area contributed by atoms with Crippen molar-refractivity contribution in [1.29, 1.82) is 0 Å². The fraction of sp³-hybridized carbons (Fsp3) is 0.353. The molecule has 0 N–H and O–H groups in total. The van der Waals surface area contributed by atoms with Crippen molar-refractivity contribution in [2.75, 3.05) is 18.0 Å². The molecule has 4 rings (SSSR count). The Morgan fingerprint density at radius 1 is 1.12 bits per heavy atom. The molecule has 3 aromatic heterocycles. The molecule has 0 radical (unpaired) electrons. The Balaban J connectivity index is 1.65. The van der Waals surface area contributed by atoms with Crippen LogP contribution in [0.25, 0.3) is 5.65 Å². The molecule has 0 aromatic carbocycles. The molecule has 9 heteroatoms. The van der Waals surface area contributed by atoms with Gasteiger partial charge in [0.25, 0.3) is 0 Å². The molecule has 1 unspecified atom stereocenters. The Morgan fingerprint density at radius 3 is 2.69 bits per heavy atom. The number of alkyl halides is 3. The van der Waals surface area contributed by atoms with Crippen LogP contribution in [0.15, 0.2) is 41.1 Å². The fourth-order valence-corrected chi connectivity index (χ4v) is 3.54. The van der Waals surface area contributed by atoms with Crippen molar-refractivity contribution in [3.63, 3.8) is 0 Å². The number of hydrogen-bond donors (Lipinski definition) is 0. The molecule has 0 saturated carbocycles. The molecule has 5 nitrogen and oxygen atoms in total. The minimum Gasteiger partial charge on any atom is -0.356 e. The zero-order valence-corrected chi connectivity index (χ0v) is 15.2. The number of rotatable bonds is 2. The highest BCUT2D eigenvalue weighted by molar-refractivity contribution is 9.10. The van der Waals surface area contributed by atoms with Crippen molar-refractivity contribution >= 4 is 27.4 Å². The van der Waals surface area contributed by atoms with E-state index in [9.17, 15) is 13.2 Å². The van der Waals surface area contributed by atoms with E-state index in [0.717, 1.165) is 41.9 Å². The summed E-state index contributed by atoms with van der Waals surface area (Å²) in [4.78, 5) is 6.55. The standard InChI is InChI=1S/C17H15BrF3N5/c18-13-4-6-14(22-8-13)25-7-1-2-11(9-25)16-24-23-15-5-3-12(10-26(15)16)17(19,20)21/h3-6,8,10-11H,1-2,7,9H2. The molecular weight excluding hydrogens is 411 g/mol. The number of anilines is 1. The Labute approximate surface area is 156 Å². The third kappa shape index (κ3) is 3.27. The number of aromatic nitrogens is 4. The Kier molecular flexibility index (Phi) is 4.34. The van der Waals surface area contributed by atoms with Crippen LogP contribution in [-0.4, -0.2) is 32.7 Å². The highest BCUT2D eigenvalue weighted by Gasteiger charge is 2.32. The van der Waals surface area contributed by atoms with Gasteiger partial charge < -0.3 is 4.90 Å². The molecule has 1 aliphatic rings. The first kappa shape index (κ1) is 17.3. The van der Waals surface area contributed by atoms with Gasteiger partial charge in [-0.3, -0.25) is 4.40 Å². The first-order valence-electron chi connectivity index (χ1n) is 8.20. The highest BCUT2D eigenvalue weighted by Crippen LogP contribution is 2.32. The lowest BCUT2D eigenvalue weighted by Gasteiger charge is -2.32. The van der Waals surface area contributed by atoms with Crippen LogP contribution in [0.5, 0.6) is 0 Å². The predicted molar refractivity (Wildman–Crippen MR) is 94.1 cm³/mol. The van der Waals surface area contributed by atoms with Crippen LogP contribution in [0.3, 0.4) is 0 Å². The lowest BCUT2D eigenvalue weighted by atomic mass is 9.97. The third-order valence-electron chi connectivity index (χ3n) is 4.58. The lowest BCUT2D eigenvalue weighted by Crippen LogP contribution is -2.35. The van der Waals surface area contributed by atoms with Crippen LogP contribution in [0, 0.1) is 0 Å². The van der Waals surface area contributed by atoms with Crippen molar-refractivity contribution in [2.24, 2.45) is 0 Å². The molecule has 1 fully saturated rings. The molecular formula is C17H15BrF3N5. The fourth-order valence-electron chi connectivity index (χ4n) is 3.31. The minimum absolute atomic E-state index is 0.00678. The van der Waals surface area contributed by atoms with Gasteiger partial charge >= 0.3 is 6.18 Å². The van der Waals surface area contributed by atoms with E-state index in [1.54, 1.807) is 6.20 Å². The van der Waals surface area contributed by atoms with Crippen molar-refractivity contribution in [1.82, 2.24) is 19.6 Å². The second-order valence-corrected chi connectivity index (χ2v) is 7.24. The summed E-state index contributed by atoms with van der Waals surface area (Å²) in [7, 11) is 0. The second kappa shape index (κ2) is 6.53. The van der Waals surface area contributed by atoms with Crippen molar-refractivity contribution in [3.05, 3.63) is 52.5 Å². The highest BCUT2D eigenvalue weighted by atomic mass is 79.9. The number of pyridine rings is 2. The van der Waals surface area contributed by atoms with E-state index in [-0.39, 0.29) is 5.92 Å². The average molecular weight is 426 g/mol. The lowest BCUT2D eigenvalue weighted by molar-refractivity contribution is -0.137. The summed E-state index contributed by atoms with van der Waals surface area (Å²) in [5, 5.41) is 8.21. The number of fused-ring (bicyclic) bond motifs is 1. The number of nitrogens with zero attached hydrogens (tertiary/aromatic N) is 5. The monoisotopic (exact) mass is 425 g/mol. The Bertz CT molecular complexity index is 922. The first-order chi connectivity index (χ1) is 12.4. The van der Waals surface area contributed by atoms with E-state index in [4.69, 9.17) is 0 Å². The van der Waals surface area contributed by atoms with Gasteiger partial charge in [-0.05, 0) is 53.0 Å². The zero-order chi connectivity index (χ0) is 18.3. The van der Waals surface area contributed by atoms with E-state index >= 15 is 0 Å². The topological polar surface area (TPSA) is 46.3 Å². The van der Waals surface area contributed by atoms with Gasteiger partial charge in [0, 0.05) is 35.9 Å². The van der Waals surface area contributed by atoms with Gasteiger partial charge in [-0.25, -0.2) is 4.98 Å². The van der Waals surface area contributed by atoms with E-state index in [2.05, 4.69) is 36.0 Å². The van der Waals surface area contributed by atoms with Gasteiger partial charge in [-0.1, -0.05) is 0 Å². The number of halogens is 4. The van der Waals surface area contributed by atoms with E-state index in [1.807, 2.05) is 12.1 Å². The van der Waals surface area contributed by atoms with E-state index < -0.39 is 11.7 Å². The van der Waals surface area contributed by atoms with Crippen molar-refractivity contribution in [2.45, 2.75) is 24.9 Å². The molecule has 1 atom stereocenters. The Morgan fingerprint density at radius 2 is 1.96 bits per heavy atom. The summed E-state index contributed by atoms with van der Waals surface area (Å²) < 4.78 is 41.5. The molecule has 26 heavy (non-hydrogen) atoms. The molecule has 0 bridgehead atoms. The van der Waals surface area contributed by atoms with Crippen LogP contribution in [0.2, 0.25) is 0 Å². The normalized spacial score (nSPS) is 18.5. The van der Waals surface area contributed by atoms with Gasteiger partial charge in [0.1, 0.15) is 11.6 Å². The second-order valence-electron chi connectivity index (χ2n) is 6.32. The smallest absolute Gasteiger partial charge is 0.356 e. The number of piperidine rings is 1. The summed E-state index contributed by atoms with van der Waals surface area (Å²) in [6, 6.07) is 6.24. The molecule has 1 saturated heterocycles. The maximum atomic E-state index is 13.0. The average Bonchev–Trinajstić information content (AvgIpc) is 3.05. The summed E-state index contributed by atoms with van der Waals surface area (Å²) in [5.41, 5.74) is -0.278. The van der Waals surface area contributed by atoms with Gasteiger partial charge in [0.2, 0.25) is 0 Å². The van der Waals surface area contributed by atoms with Crippen LogP contribution in [-0.2, 0) is 6.18 Å². The molecule has 0 aliphatic carbocycles. The van der Waals surface area contributed by atoms with Crippen LogP contribution in [0.4, 0.5) is 19.0 Å². The van der Waals surface area contributed by atoms with Crippen LogP contribution >= 0.6 is 15.9 Å². The van der Waals surface area contributed by atoms with E-state index in [0.29, 0.717) is 18.0 Å². The minimum atomic E-state index is -4.39. The Hall–Kier alpha value is -2.16. The SMILES string of the molecule is FC(F)(F)c1ccc2nnc(C3CCCN(c4ccc(Br)cn4)C3)n2c1. The maximum Gasteiger partial charge on any atom is 0.417 e. The predicted octanol–water partition coefficient (Wildman–Crippen LogP) is 4.29. The summed E-state index contributed by atoms with van der Waals surface area (Å²) in [6.07, 6.45) is 0.193.